The molecule has 6 atom stereocenters. The lowest BCUT2D eigenvalue weighted by Gasteiger charge is -2.64. The molecule has 0 aliphatic heterocycles. The Balaban J connectivity index is 1.50. The summed E-state index contributed by atoms with van der Waals surface area (Å²) in [4.78, 5) is 22.8. The van der Waals surface area contributed by atoms with Gasteiger partial charge in [-0.25, -0.2) is 0 Å². The lowest BCUT2D eigenvalue weighted by atomic mass is 9.40. The van der Waals surface area contributed by atoms with Crippen LogP contribution >= 0.6 is 0 Å². The van der Waals surface area contributed by atoms with Gasteiger partial charge in [0, 0.05) is 5.41 Å². The Labute approximate surface area is 169 Å². The van der Waals surface area contributed by atoms with Crippen LogP contribution in [-0.2, 0) is 14.3 Å². The van der Waals surface area contributed by atoms with Gasteiger partial charge < -0.3 is 9.84 Å². The number of ether oxygens (including phenoxy) is 1. The number of carbonyl (C=O) groups is 2. The van der Waals surface area contributed by atoms with Crippen molar-refractivity contribution in [2.75, 3.05) is 6.61 Å². The molecular weight excluding hydrogens is 352 g/mol. The van der Waals surface area contributed by atoms with Crippen LogP contribution in [-0.4, -0.2) is 23.7 Å². The van der Waals surface area contributed by atoms with E-state index in [-0.39, 0.29) is 24.2 Å². The van der Waals surface area contributed by atoms with E-state index in [9.17, 15) is 9.59 Å². The van der Waals surface area contributed by atoms with E-state index in [1.165, 1.54) is 44.9 Å². The van der Waals surface area contributed by atoms with Crippen molar-refractivity contribution < 1.29 is 19.4 Å². The van der Waals surface area contributed by atoms with Gasteiger partial charge in [-0.15, -0.1) is 0 Å². The number of fused-ring (bicyclic) bond motifs is 3. The minimum absolute atomic E-state index is 0.0105. The molecule has 0 unspecified atom stereocenters. The molecule has 0 aromatic rings. The first-order chi connectivity index (χ1) is 13.1. The highest BCUT2D eigenvalue weighted by molar-refractivity contribution is 5.76. The van der Waals surface area contributed by atoms with Crippen molar-refractivity contribution in [2.45, 2.75) is 85.0 Å². The summed E-state index contributed by atoms with van der Waals surface area (Å²) < 4.78 is 5.62. The fourth-order valence-corrected chi connectivity index (χ4v) is 7.97. The Morgan fingerprint density at radius 2 is 1.75 bits per heavy atom. The van der Waals surface area contributed by atoms with Crippen molar-refractivity contribution in [3.63, 3.8) is 0 Å². The summed E-state index contributed by atoms with van der Waals surface area (Å²) in [6.07, 6.45) is 15.0. The molecule has 4 heteroatoms. The number of carboxylic acids is 1. The van der Waals surface area contributed by atoms with Gasteiger partial charge in [0.25, 0.3) is 0 Å². The summed E-state index contributed by atoms with van der Waals surface area (Å²) in [5, 5.41) is 8.78. The molecule has 0 aromatic carbocycles. The fraction of sp³-hybridized carbons (Fsp3) is 0.833. The van der Waals surface area contributed by atoms with Gasteiger partial charge in [0.15, 0.2) is 0 Å². The van der Waals surface area contributed by atoms with Gasteiger partial charge in [0.1, 0.15) is 0 Å². The van der Waals surface area contributed by atoms with E-state index in [4.69, 9.17) is 9.84 Å². The Bertz CT molecular complexity index is 699. The molecule has 4 rings (SSSR count). The normalized spacial score (nSPS) is 46.5. The molecule has 3 saturated carbocycles. The third kappa shape index (κ3) is 3.11. The third-order valence-electron chi connectivity index (χ3n) is 9.15. The highest BCUT2D eigenvalue weighted by atomic mass is 16.5. The second kappa shape index (κ2) is 6.60. The molecule has 156 valence electrons. The highest BCUT2D eigenvalue weighted by Gasteiger charge is 2.63. The summed E-state index contributed by atoms with van der Waals surface area (Å²) in [6, 6.07) is 0. The average molecular weight is 389 g/mol. The van der Waals surface area contributed by atoms with Crippen LogP contribution in [0.25, 0.3) is 0 Å². The third-order valence-corrected chi connectivity index (χ3v) is 9.15. The number of carbonyl (C=O) groups excluding carboxylic acids is 1. The summed E-state index contributed by atoms with van der Waals surface area (Å²) in [6.45, 7) is 7.72. The molecule has 28 heavy (non-hydrogen) atoms. The topological polar surface area (TPSA) is 63.6 Å². The summed E-state index contributed by atoms with van der Waals surface area (Å²) >= 11 is 0. The molecule has 0 amide bonds. The van der Waals surface area contributed by atoms with Crippen LogP contribution in [0, 0.1) is 33.5 Å². The van der Waals surface area contributed by atoms with Gasteiger partial charge in [0.2, 0.25) is 0 Å². The maximum Gasteiger partial charge on any atom is 0.306 e. The number of rotatable bonds is 5. The van der Waals surface area contributed by atoms with Crippen LogP contribution in [0.1, 0.15) is 85.0 Å². The fourth-order valence-electron chi connectivity index (χ4n) is 7.97. The predicted octanol–water partition coefficient (Wildman–Crippen LogP) is 5.36. The summed E-state index contributed by atoms with van der Waals surface area (Å²) in [7, 11) is 0. The SMILES string of the molecule is C[C@]12C=C[C@@]3(CC[C@@H]4[C@@](C)(COC(=O)CCC(=O)O)CCC[C@@]4(C)[C@@H]3CC1)C2. The van der Waals surface area contributed by atoms with Gasteiger partial charge in [-0.05, 0) is 73.0 Å². The second-order valence-electron chi connectivity index (χ2n) is 11.1. The molecule has 3 fully saturated rings. The van der Waals surface area contributed by atoms with E-state index >= 15 is 0 Å². The molecule has 2 bridgehead atoms. The van der Waals surface area contributed by atoms with E-state index in [1.807, 2.05) is 0 Å². The number of hydrogen-bond donors (Lipinski definition) is 1. The van der Waals surface area contributed by atoms with E-state index < -0.39 is 5.97 Å². The number of aliphatic carboxylic acids is 1. The molecule has 0 aromatic heterocycles. The minimum Gasteiger partial charge on any atom is -0.481 e. The van der Waals surface area contributed by atoms with Gasteiger partial charge >= 0.3 is 11.9 Å². The number of esters is 1. The summed E-state index contributed by atoms with van der Waals surface area (Å²) in [5.41, 5.74) is 1.14. The van der Waals surface area contributed by atoms with Crippen molar-refractivity contribution in [1.29, 1.82) is 0 Å². The molecule has 0 heterocycles. The molecule has 0 saturated heterocycles. The first-order valence-corrected chi connectivity index (χ1v) is 11.2. The molecule has 1 N–H and O–H groups in total. The largest absolute Gasteiger partial charge is 0.481 e. The van der Waals surface area contributed by atoms with Crippen molar-refractivity contribution in [3.05, 3.63) is 12.2 Å². The molecule has 0 radical (unpaired) electrons. The lowest BCUT2D eigenvalue weighted by Crippen LogP contribution is -2.58. The van der Waals surface area contributed by atoms with Gasteiger partial charge in [-0.3, -0.25) is 9.59 Å². The van der Waals surface area contributed by atoms with Gasteiger partial charge in [-0.1, -0.05) is 39.3 Å². The van der Waals surface area contributed by atoms with Crippen LogP contribution in [0.2, 0.25) is 0 Å². The monoisotopic (exact) mass is 388 g/mol. The van der Waals surface area contributed by atoms with Crippen molar-refractivity contribution in [1.82, 2.24) is 0 Å². The molecule has 1 spiro atoms. The van der Waals surface area contributed by atoms with Crippen molar-refractivity contribution in [3.8, 4) is 0 Å². The van der Waals surface area contributed by atoms with E-state index in [2.05, 4.69) is 32.9 Å². The van der Waals surface area contributed by atoms with E-state index in [0.717, 1.165) is 12.3 Å². The minimum atomic E-state index is -0.945. The van der Waals surface area contributed by atoms with Crippen LogP contribution in [0.4, 0.5) is 0 Å². The number of allylic oxidation sites excluding steroid dienone is 2. The maximum absolute atomic E-state index is 12.0. The standard InChI is InChI=1S/C24H36O4/c1-21-11-7-18-23(3)10-4-9-22(2,16-28-20(27)6-5-19(25)26)17(23)8-12-24(18,15-21)14-13-21/h13-14,17-18H,4-12,15-16H2,1-3H3,(H,25,26)/t17-,18+,21-,22-,23-,24+/m1/s1. The zero-order chi connectivity index (χ0) is 20.2. The summed E-state index contributed by atoms with van der Waals surface area (Å²) in [5.74, 6) is 0.0122. The average Bonchev–Trinajstić information content (AvgIpc) is 2.87. The zero-order valence-corrected chi connectivity index (χ0v) is 17.8. The van der Waals surface area contributed by atoms with Crippen LogP contribution in [0.15, 0.2) is 12.2 Å². The highest BCUT2D eigenvalue weighted by Crippen LogP contribution is 2.71. The zero-order valence-electron chi connectivity index (χ0n) is 17.8. The number of hydrogen-bond acceptors (Lipinski definition) is 3. The van der Waals surface area contributed by atoms with Gasteiger partial charge in [0.05, 0.1) is 19.4 Å². The molecule has 4 aliphatic rings. The van der Waals surface area contributed by atoms with E-state index in [1.54, 1.807) is 0 Å². The predicted molar refractivity (Wildman–Crippen MR) is 108 cm³/mol. The van der Waals surface area contributed by atoms with Crippen LogP contribution < -0.4 is 0 Å². The molecular formula is C24H36O4. The maximum atomic E-state index is 12.0. The Morgan fingerprint density at radius 3 is 2.50 bits per heavy atom. The van der Waals surface area contributed by atoms with E-state index in [0.29, 0.717) is 28.8 Å². The molecule has 4 nitrogen and oxygen atoms in total. The smallest absolute Gasteiger partial charge is 0.306 e. The second-order valence-corrected chi connectivity index (χ2v) is 11.1. The lowest BCUT2D eigenvalue weighted by molar-refractivity contribution is -0.172. The van der Waals surface area contributed by atoms with Crippen molar-refractivity contribution >= 4 is 11.9 Å². The Morgan fingerprint density at radius 1 is 1.00 bits per heavy atom. The first-order valence-electron chi connectivity index (χ1n) is 11.2. The Hall–Kier alpha value is -1.32. The quantitative estimate of drug-likeness (QED) is 0.508. The van der Waals surface area contributed by atoms with Crippen LogP contribution in [0.3, 0.4) is 0 Å². The van der Waals surface area contributed by atoms with Crippen LogP contribution in [0.5, 0.6) is 0 Å². The van der Waals surface area contributed by atoms with Crippen molar-refractivity contribution in [2.24, 2.45) is 33.5 Å². The Kier molecular flexibility index (Phi) is 4.71. The number of carboxylic acid groups (broad SMARTS) is 1. The first kappa shape index (κ1) is 20.0. The van der Waals surface area contributed by atoms with Gasteiger partial charge in [-0.2, -0.15) is 0 Å². The molecule has 4 aliphatic carbocycles.